The van der Waals surface area contributed by atoms with Crippen LogP contribution in [0.4, 0.5) is 0 Å². The summed E-state index contributed by atoms with van der Waals surface area (Å²) in [6.07, 6.45) is 7.76. The predicted molar refractivity (Wildman–Crippen MR) is 134 cm³/mol. The lowest BCUT2D eigenvalue weighted by atomic mass is 9.57. The van der Waals surface area contributed by atoms with Gasteiger partial charge in [-0.1, -0.05) is 76.2 Å². The quantitative estimate of drug-likeness (QED) is 0.390. The topological polar surface area (TPSA) is 0 Å². The zero-order chi connectivity index (χ0) is 21.9. The number of rotatable bonds is 2. The molecule has 162 valence electrons. The maximum Gasteiger partial charge on any atom is 0.0322 e. The second kappa shape index (κ2) is 5.77. The Hall–Kier alpha value is -2.34. The molecule has 0 aromatic heterocycles. The Morgan fingerprint density at radius 2 is 1.03 bits per heavy atom. The van der Waals surface area contributed by atoms with E-state index in [1.807, 2.05) is 0 Å². The van der Waals surface area contributed by atoms with E-state index in [-0.39, 0.29) is 10.8 Å². The summed E-state index contributed by atoms with van der Waals surface area (Å²) in [7, 11) is 0. The molecule has 0 heteroatoms. The molecule has 0 atom stereocenters. The highest BCUT2D eigenvalue weighted by Crippen LogP contribution is 2.78. The first kappa shape index (κ1) is 19.2. The van der Waals surface area contributed by atoms with Gasteiger partial charge in [-0.25, -0.2) is 0 Å². The molecule has 0 heterocycles. The molecule has 0 nitrogen and oxygen atoms in total. The van der Waals surface area contributed by atoms with E-state index >= 15 is 0 Å². The van der Waals surface area contributed by atoms with E-state index in [4.69, 9.17) is 0 Å². The van der Waals surface area contributed by atoms with Gasteiger partial charge in [0, 0.05) is 10.8 Å². The molecule has 1 spiro atoms. The van der Waals surface area contributed by atoms with Gasteiger partial charge in [0.1, 0.15) is 0 Å². The van der Waals surface area contributed by atoms with Crippen molar-refractivity contribution < 1.29 is 0 Å². The molecule has 3 aromatic rings. The summed E-state index contributed by atoms with van der Waals surface area (Å²) in [5, 5.41) is 0. The van der Waals surface area contributed by atoms with Gasteiger partial charge >= 0.3 is 0 Å². The van der Waals surface area contributed by atoms with Gasteiger partial charge in [0.15, 0.2) is 0 Å². The minimum absolute atomic E-state index is 0.147. The van der Waals surface area contributed by atoms with E-state index in [0.29, 0.717) is 10.8 Å². The van der Waals surface area contributed by atoms with Gasteiger partial charge in [-0.15, -0.1) is 0 Å². The molecule has 7 rings (SSSR count). The van der Waals surface area contributed by atoms with Crippen LogP contribution in [0, 0.1) is 10.8 Å². The number of hydrogen-bond acceptors (Lipinski definition) is 0. The van der Waals surface area contributed by atoms with Crippen LogP contribution in [0.2, 0.25) is 0 Å². The van der Waals surface area contributed by atoms with E-state index in [0.717, 1.165) is 12.8 Å². The Balaban J connectivity index is 1.62. The standard InChI is InChI=1S/C32H34/c1-5-31(6-2)25-13-9-7-11-21(25)23-20-28-24(19-27(23)31)22-12-8-10-14-26(22)32(28)29(3)15-17-30(32,4)18-16-29/h7-14,19-20H,5-6,15-18H2,1-4H3. The highest BCUT2D eigenvalue weighted by Gasteiger charge is 2.71. The van der Waals surface area contributed by atoms with Crippen molar-refractivity contribution in [3.63, 3.8) is 0 Å². The summed E-state index contributed by atoms with van der Waals surface area (Å²) in [6.45, 7) is 10.00. The normalized spacial score (nSPS) is 32.1. The van der Waals surface area contributed by atoms with Gasteiger partial charge in [0.25, 0.3) is 0 Å². The van der Waals surface area contributed by atoms with Crippen LogP contribution in [0.3, 0.4) is 0 Å². The molecule has 0 amide bonds. The summed E-state index contributed by atoms with van der Waals surface area (Å²) in [5.74, 6) is 0. The smallest absolute Gasteiger partial charge is 0.0322 e. The Labute approximate surface area is 193 Å². The monoisotopic (exact) mass is 418 g/mol. The molecule has 3 aromatic carbocycles. The fraction of sp³-hybridized carbons (Fsp3) is 0.438. The van der Waals surface area contributed by atoms with Crippen molar-refractivity contribution >= 4 is 0 Å². The molecule has 0 radical (unpaired) electrons. The summed E-state index contributed by atoms with van der Waals surface area (Å²) in [6, 6.07) is 24.1. The third-order valence-corrected chi connectivity index (χ3v) is 10.9. The average molecular weight is 419 g/mol. The third kappa shape index (κ3) is 1.76. The van der Waals surface area contributed by atoms with Crippen molar-refractivity contribution in [2.75, 3.05) is 0 Å². The lowest BCUT2D eigenvalue weighted by molar-refractivity contribution is 0.207. The van der Waals surface area contributed by atoms with Crippen molar-refractivity contribution in [1.82, 2.24) is 0 Å². The SMILES string of the molecule is CCC1(CC)c2ccccc2-c2cc3c(cc21)-c1ccccc1C31C2(C)CCC1(C)CC2. The Morgan fingerprint density at radius 3 is 1.62 bits per heavy atom. The Bertz CT molecular complexity index is 1260. The van der Waals surface area contributed by atoms with Gasteiger partial charge in [-0.2, -0.15) is 0 Å². The van der Waals surface area contributed by atoms with Gasteiger partial charge in [-0.05, 0) is 106 Å². The van der Waals surface area contributed by atoms with Crippen LogP contribution in [0.25, 0.3) is 22.3 Å². The van der Waals surface area contributed by atoms with Crippen LogP contribution in [0.5, 0.6) is 0 Å². The fourth-order valence-corrected chi connectivity index (χ4v) is 9.37. The van der Waals surface area contributed by atoms with Crippen molar-refractivity contribution in [3.8, 4) is 22.3 Å². The second-order valence-electron chi connectivity index (χ2n) is 11.7. The average Bonchev–Trinajstić information content (AvgIpc) is 3.44. The molecular weight excluding hydrogens is 384 g/mol. The highest BCUT2D eigenvalue weighted by atomic mass is 14.7. The van der Waals surface area contributed by atoms with E-state index < -0.39 is 0 Å². The lowest BCUT2D eigenvalue weighted by Gasteiger charge is -2.45. The highest BCUT2D eigenvalue weighted by molar-refractivity contribution is 5.90. The summed E-state index contributed by atoms with van der Waals surface area (Å²) < 4.78 is 0. The first-order valence-corrected chi connectivity index (χ1v) is 12.8. The minimum Gasteiger partial charge on any atom is -0.0642 e. The zero-order valence-electron chi connectivity index (χ0n) is 20.0. The van der Waals surface area contributed by atoms with E-state index in [1.54, 1.807) is 27.8 Å². The summed E-state index contributed by atoms with van der Waals surface area (Å²) >= 11 is 0. The third-order valence-electron chi connectivity index (χ3n) is 10.9. The second-order valence-corrected chi connectivity index (χ2v) is 11.7. The largest absolute Gasteiger partial charge is 0.0642 e. The molecule has 32 heavy (non-hydrogen) atoms. The molecule has 2 fully saturated rings. The molecule has 0 N–H and O–H groups in total. The van der Waals surface area contributed by atoms with Gasteiger partial charge < -0.3 is 0 Å². The maximum atomic E-state index is 2.68. The lowest BCUT2D eigenvalue weighted by Crippen LogP contribution is -2.42. The van der Waals surface area contributed by atoms with Crippen LogP contribution in [0.15, 0.2) is 60.7 Å². The van der Waals surface area contributed by atoms with E-state index in [1.165, 1.54) is 42.4 Å². The van der Waals surface area contributed by atoms with E-state index in [9.17, 15) is 0 Å². The van der Waals surface area contributed by atoms with Crippen molar-refractivity contribution in [2.24, 2.45) is 10.8 Å². The first-order valence-electron chi connectivity index (χ1n) is 12.8. The van der Waals surface area contributed by atoms with Crippen molar-refractivity contribution in [1.29, 1.82) is 0 Å². The molecule has 2 saturated carbocycles. The van der Waals surface area contributed by atoms with Gasteiger partial charge in [0.05, 0.1) is 0 Å². The molecule has 0 aliphatic heterocycles. The molecule has 4 aliphatic carbocycles. The zero-order valence-corrected chi connectivity index (χ0v) is 20.0. The fourth-order valence-electron chi connectivity index (χ4n) is 9.37. The summed E-state index contributed by atoms with van der Waals surface area (Å²) in [4.78, 5) is 0. The summed E-state index contributed by atoms with van der Waals surface area (Å²) in [5.41, 5.74) is 13.5. The minimum atomic E-state index is 0.147. The predicted octanol–water partition coefficient (Wildman–Crippen LogP) is 8.64. The molecule has 4 aliphatic rings. The van der Waals surface area contributed by atoms with Crippen LogP contribution in [-0.4, -0.2) is 0 Å². The first-order chi connectivity index (χ1) is 15.5. The molecule has 0 unspecified atom stereocenters. The molecular formula is C32H34. The van der Waals surface area contributed by atoms with E-state index in [2.05, 4.69) is 88.4 Å². The number of benzene rings is 3. The maximum absolute atomic E-state index is 2.68. The molecule has 0 saturated heterocycles. The molecule has 2 bridgehead atoms. The van der Waals surface area contributed by atoms with Crippen molar-refractivity contribution in [3.05, 3.63) is 82.9 Å². The van der Waals surface area contributed by atoms with Crippen molar-refractivity contribution in [2.45, 2.75) is 77.0 Å². The van der Waals surface area contributed by atoms with Crippen LogP contribution in [0.1, 0.15) is 88.5 Å². The van der Waals surface area contributed by atoms with Gasteiger partial charge in [-0.3, -0.25) is 0 Å². The van der Waals surface area contributed by atoms with Crippen LogP contribution >= 0.6 is 0 Å². The number of hydrogen-bond donors (Lipinski definition) is 0. The van der Waals surface area contributed by atoms with Gasteiger partial charge in [0.2, 0.25) is 0 Å². The van der Waals surface area contributed by atoms with Crippen LogP contribution < -0.4 is 0 Å². The Morgan fingerprint density at radius 1 is 0.562 bits per heavy atom. The Kier molecular flexibility index (Phi) is 3.45. The van der Waals surface area contributed by atoms with Crippen LogP contribution in [-0.2, 0) is 10.8 Å². The number of fused-ring (bicyclic) bond motifs is 6.